The van der Waals surface area contributed by atoms with E-state index in [4.69, 9.17) is 0 Å². The van der Waals surface area contributed by atoms with Gasteiger partial charge >= 0.3 is 0 Å². The lowest BCUT2D eigenvalue weighted by atomic mass is 9.89. The highest BCUT2D eigenvalue weighted by Gasteiger charge is 2.22. The fraction of sp³-hybridized carbons (Fsp3) is 0.933. The molecule has 3 heteroatoms. The summed E-state index contributed by atoms with van der Waals surface area (Å²) in [7, 11) is 0. The van der Waals surface area contributed by atoms with Crippen molar-refractivity contribution >= 4 is 5.91 Å². The monoisotopic (exact) mass is 252 g/mol. The van der Waals surface area contributed by atoms with Crippen LogP contribution in [0.2, 0.25) is 0 Å². The van der Waals surface area contributed by atoms with Gasteiger partial charge in [-0.15, -0.1) is 0 Å². The molecule has 1 heterocycles. The first-order valence-corrected chi connectivity index (χ1v) is 7.79. The summed E-state index contributed by atoms with van der Waals surface area (Å²) in [4.78, 5) is 14.3. The smallest absolute Gasteiger partial charge is 0.239 e. The van der Waals surface area contributed by atoms with Crippen LogP contribution in [0.5, 0.6) is 0 Å². The molecule has 0 aromatic heterocycles. The molecular formula is C15H28N2O. The minimum absolute atomic E-state index is 0.00465. The zero-order chi connectivity index (χ0) is 12.8. The zero-order valence-corrected chi connectivity index (χ0v) is 11.8. The maximum atomic E-state index is 12.2. The Bertz CT molecular complexity index is 255. The normalized spacial score (nSPS) is 23.9. The topological polar surface area (TPSA) is 32.3 Å². The third-order valence-electron chi connectivity index (χ3n) is 4.48. The Morgan fingerprint density at radius 3 is 2.39 bits per heavy atom. The molecule has 1 aliphatic carbocycles. The minimum Gasteiger partial charge on any atom is -0.341 e. The fourth-order valence-electron chi connectivity index (χ4n) is 3.21. The van der Waals surface area contributed by atoms with Gasteiger partial charge in [0.05, 0.1) is 6.04 Å². The molecule has 2 rings (SSSR count). The lowest BCUT2D eigenvalue weighted by Crippen LogP contribution is -2.47. The van der Waals surface area contributed by atoms with Gasteiger partial charge in [-0.3, -0.25) is 4.79 Å². The van der Waals surface area contributed by atoms with Crippen molar-refractivity contribution in [3.8, 4) is 0 Å². The molecular weight excluding hydrogens is 224 g/mol. The van der Waals surface area contributed by atoms with Gasteiger partial charge in [-0.1, -0.05) is 19.3 Å². The van der Waals surface area contributed by atoms with Crippen LogP contribution in [-0.4, -0.2) is 36.5 Å². The van der Waals surface area contributed by atoms with Crippen LogP contribution in [0, 0.1) is 5.92 Å². The molecule has 0 aromatic carbocycles. The molecule has 1 atom stereocenters. The number of amides is 1. The highest BCUT2D eigenvalue weighted by atomic mass is 16.2. The average Bonchev–Trinajstić information content (AvgIpc) is 2.46. The molecule has 2 fully saturated rings. The van der Waals surface area contributed by atoms with E-state index in [0.717, 1.165) is 25.6 Å². The Balaban J connectivity index is 1.69. The van der Waals surface area contributed by atoms with E-state index in [0.29, 0.717) is 5.91 Å². The summed E-state index contributed by atoms with van der Waals surface area (Å²) in [6.45, 7) is 4.99. The second-order valence-corrected chi connectivity index (χ2v) is 6.02. The molecule has 1 saturated carbocycles. The highest BCUT2D eigenvalue weighted by molar-refractivity contribution is 5.81. The van der Waals surface area contributed by atoms with Crippen LogP contribution in [0.15, 0.2) is 0 Å². The van der Waals surface area contributed by atoms with E-state index in [9.17, 15) is 4.79 Å². The largest absolute Gasteiger partial charge is 0.341 e. The van der Waals surface area contributed by atoms with Crippen molar-refractivity contribution in [3.63, 3.8) is 0 Å². The molecule has 0 spiro atoms. The Hall–Kier alpha value is -0.570. The Morgan fingerprint density at radius 2 is 1.72 bits per heavy atom. The van der Waals surface area contributed by atoms with Gasteiger partial charge in [0.1, 0.15) is 0 Å². The Kier molecular flexibility index (Phi) is 5.48. The third kappa shape index (κ3) is 3.98. The van der Waals surface area contributed by atoms with Gasteiger partial charge in [0.15, 0.2) is 0 Å². The van der Waals surface area contributed by atoms with Crippen molar-refractivity contribution in [2.45, 2.75) is 64.3 Å². The summed E-state index contributed by atoms with van der Waals surface area (Å²) >= 11 is 0. The molecule has 104 valence electrons. The summed E-state index contributed by atoms with van der Waals surface area (Å²) in [6, 6.07) is 0.00465. The predicted molar refractivity (Wildman–Crippen MR) is 74.5 cm³/mol. The summed E-state index contributed by atoms with van der Waals surface area (Å²) in [5, 5.41) is 3.46. The van der Waals surface area contributed by atoms with Gasteiger partial charge in [0, 0.05) is 13.1 Å². The molecule has 0 radical (unpaired) electrons. The number of hydrogen-bond donors (Lipinski definition) is 1. The number of nitrogens with zero attached hydrogens (tertiary/aromatic N) is 1. The molecule has 1 N–H and O–H groups in total. The highest BCUT2D eigenvalue weighted by Crippen LogP contribution is 2.22. The van der Waals surface area contributed by atoms with Gasteiger partial charge in [-0.2, -0.15) is 0 Å². The number of rotatable bonds is 4. The van der Waals surface area contributed by atoms with Crippen LogP contribution in [0.3, 0.4) is 0 Å². The molecule has 3 nitrogen and oxygen atoms in total. The molecule has 18 heavy (non-hydrogen) atoms. The van der Waals surface area contributed by atoms with Crippen molar-refractivity contribution in [3.05, 3.63) is 0 Å². The zero-order valence-electron chi connectivity index (χ0n) is 11.8. The Labute approximate surface area is 111 Å². The maximum Gasteiger partial charge on any atom is 0.239 e. The molecule has 0 bridgehead atoms. The standard InChI is InChI=1S/C15H28N2O/c1-13(15(18)17-10-6-3-7-11-17)16-12-14-8-4-2-5-9-14/h13-14,16H,2-12H2,1H3. The van der Waals surface area contributed by atoms with Crippen LogP contribution >= 0.6 is 0 Å². The number of hydrogen-bond acceptors (Lipinski definition) is 2. The maximum absolute atomic E-state index is 12.2. The van der Waals surface area contributed by atoms with E-state index in [1.807, 2.05) is 11.8 Å². The molecule has 1 amide bonds. The molecule has 2 aliphatic rings. The molecule has 1 aliphatic heterocycles. The van der Waals surface area contributed by atoms with Crippen molar-refractivity contribution in [2.24, 2.45) is 5.92 Å². The van der Waals surface area contributed by atoms with Crippen LogP contribution < -0.4 is 5.32 Å². The lowest BCUT2D eigenvalue weighted by molar-refractivity contribution is -0.134. The first-order valence-electron chi connectivity index (χ1n) is 7.79. The van der Waals surface area contributed by atoms with Crippen molar-refractivity contribution < 1.29 is 4.79 Å². The predicted octanol–water partition coefficient (Wildman–Crippen LogP) is 2.56. The van der Waals surface area contributed by atoms with Crippen LogP contribution in [0.1, 0.15) is 58.3 Å². The molecule has 1 unspecified atom stereocenters. The van der Waals surface area contributed by atoms with Gasteiger partial charge in [-0.25, -0.2) is 0 Å². The number of nitrogens with one attached hydrogen (secondary N) is 1. The van der Waals surface area contributed by atoms with Crippen molar-refractivity contribution in [1.29, 1.82) is 0 Å². The number of carbonyl (C=O) groups excluding carboxylic acids is 1. The summed E-state index contributed by atoms with van der Waals surface area (Å²) in [6.07, 6.45) is 10.5. The van der Waals surface area contributed by atoms with E-state index in [-0.39, 0.29) is 6.04 Å². The quantitative estimate of drug-likeness (QED) is 0.834. The summed E-state index contributed by atoms with van der Waals surface area (Å²) in [5.41, 5.74) is 0. The summed E-state index contributed by atoms with van der Waals surface area (Å²) in [5.74, 6) is 1.11. The van der Waals surface area contributed by atoms with Crippen LogP contribution in [0.25, 0.3) is 0 Å². The molecule has 0 aromatic rings. The number of carbonyl (C=O) groups is 1. The first-order chi connectivity index (χ1) is 8.77. The van der Waals surface area contributed by atoms with Crippen molar-refractivity contribution in [2.75, 3.05) is 19.6 Å². The van der Waals surface area contributed by atoms with Crippen LogP contribution in [0.4, 0.5) is 0 Å². The van der Waals surface area contributed by atoms with Crippen molar-refractivity contribution in [1.82, 2.24) is 10.2 Å². The van der Waals surface area contributed by atoms with Gasteiger partial charge in [-0.05, 0) is 51.5 Å². The third-order valence-corrected chi connectivity index (χ3v) is 4.48. The summed E-state index contributed by atoms with van der Waals surface area (Å²) < 4.78 is 0. The van der Waals surface area contributed by atoms with Gasteiger partial charge in [0.25, 0.3) is 0 Å². The van der Waals surface area contributed by atoms with Gasteiger partial charge in [0.2, 0.25) is 5.91 Å². The fourth-order valence-corrected chi connectivity index (χ4v) is 3.21. The lowest BCUT2D eigenvalue weighted by Gasteiger charge is -2.30. The van der Waals surface area contributed by atoms with E-state index in [1.165, 1.54) is 51.4 Å². The van der Waals surface area contributed by atoms with E-state index in [1.54, 1.807) is 0 Å². The second kappa shape index (κ2) is 7.13. The minimum atomic E-state index is 0.00465. The van der Waals surface area contributed by atoms with E-state index < -0.39 is 0 Å². The molecule has 1 saturated heterocycles. The van der Waals surface area contributed by atoms with Crippen LogP contribution in [-0.2, 0) is 4.79 Å². The second-order valence-electron chi connectivity index (χ2n) is 6.02. The van der Waals surface area contributed by atoms with E-state index >= 15 is 0 Å². The van der Waals surface area contributed by atoms with Gasteiger partial charge < -0.3 is 10.2 Å². The average molecular weight is 252 g/mol. The SMILES string of the molecule is CC(NCC1CCCCC1)C(=O)N1CCCCC1. The van der Waals surface area contributed by atoms with E-state index in [2.05, 4.69) is 5.32 Å². The number of piperidine rings is 1. The first kappa shape index (κ1) is 13.9. The Morgan fingerprint density at radius 1 is 1.11 bits per heavy atom. The number of likely N-dealkylation sites (tertiary alicyclic amines) is 1.